The van der Waals surface area contributed by atoms with Crippen molar-refractivity contribution in [1.29, 1.82) is 0 Å². The van der Waals surface area contributed by atoms with Crippen molar-refractivity contribution >= 4 is 21.6 Å². The Morgan fingerprint density at radius 3 is 2.68 bits per heavy atom. The molecule has 0 atom stereocenters. The van der Waals surface area contributed by atoms with Gasteiger partial charge in [0.05, 0.1) is 4.90 Å². The Morgan fingerprint density at radius 1 is 1.42 bits per heavy atom. The van der Waals surface area contributed by atoms with Crippen LogP contribution in [0.1, 0.15) is 24.8 Å². The average molecular weight is 304 g/mol. The SMILES string of the molecule is Cc1ccc(Cl)cc1S(=O)(=O)NCC1(CCO)CC1. The number of hydrogen-bond donors (Lipinski definition) is 2. The van der Waals surface area contributed by atoms with Crippen molar-refractivity contribution in [3.63, 3.8) is 0 Å². The number of nitrogens with one attached hydrogen (secondary N) is 1. The molecule has 1 fully saturated rings. The Kier molecular flexibility index (Phi) is 4.20. The Labute approximate surface area is 118 Å². The van der Waals surface area contributed by atoms with Crippen molar-refractivity contribution in [3.8, 4) is 0 Å². The number of aliphatic hydroxyl groups is 1. The summed E-state index contributed by atoms with van der Waals surface area (Å²) in [7, 11) is -3.54. The highest BCUT2D eigenvalue weighted by Crippen LogP contribution is 2.48. The minimum absolute atomic E-state index is 0.0473. The molecule has 19 heavy (non-hydrogen) atoms. The van der Waals surface area contributed by atoms with Crippen LogP contribution in [0.3, 0.4) is 0 Å². The lowest BCUT2D eigenvalue weighted by Crippen LogP contribution is -2.31. The zero-order valence-corrected chi connectivity index (χ0v) is 12.4. The molecule has 1 aliphatic carbocycles. The van der Waals surface area contributed by atoms with Gasteiger partial charge in [-0.1, -0.05) is 17.7 Å². The Balaban J connectivity index is 2.12. The first-order valence-corrected chi connectivity index (χ1v) is 8.11. The second-order valence-corrected chi connectivity index (χ2v) is 7.38. The van der Waals surface area contributed by atoms with Crippen LogP contribution < -0.4 is 4.72 Å². The molecule has 6 heteroatoms. The molecule has 0 saturated heterocycles. The van der Waals surface area contributed by atoms with Crippen molar-refractivity contribution in [3.05, 3.63) is 28.8 Å². The molecule has 0 bridgehead atoms. The summed E-state index contributed by atoms with van der Waals surface area (Å²) in [5, 5.41) is 9.38. The number of hydrogen-bond acceptors (Lipinski definition) is 3. The number of aryl methyl sites for hydroxylation is 1. The summed E-state index contributed by atoms with van der Waals surface area (Å²) in [6, 6.07) is 4.83. The highest BCUT2D eigenvalue weighted by Gasteiger charge is 2.42. The normalized spacial score (nSPS) is 17.4. The molecule has 1 aromatic carbocycles. The Hall–Kier alpha value is -0.620. The van der Waals surface area contributed by atoms with E-state index in [4.69, 9.17) is 16.7 Å². The minimum atomic E-state index is -3.54. The van der Waals surface area contributed by atoms with E-state index >= 15 is 0 Å². The van der Waals surface area contributed by atoms with E-state index in [1.54, 1.807) is 19.1 Å². The van der Waals surface area contributed by atoms with Gasteiger partial charge in [0, 0.05) is 18.2 Å². The highest BCUT2D eigenvalue weighted by molar-refractivity contribution is 7.89. The zero-order valence-electron chi connectivity index (χ0n) is 10.8. The molecule has 106 valence electrons. The van der Waals surface area contributed by atoms with Crippen LogP contribution in [0.4, 0.5) is 0 Å². The number of halogens is 1. The van der Waals surface area contributed by atoms with Gasteiger partial charge in [0.15, 0.2) is 0 Å². The smallest absolute Gasteiger partial charge is 0.240 e. The summed E-state index contributed by atoms with van der Waals surface area (Å²) >= 11 is 5.85. The lowest BCUT2D eigenvalue weighted by molar-refractivity contribution is 0.249. The number of sulfonamides is 1. The molecular weight excluding hydrogens is 286 g/mol. The number of aliphatic hydroxyl groups excluding tert-OH is 1. The first kappa shape index (κ1) is 14.8. The van der Waals surface area contributed by atoms with Gasteiger partial charge in [0.1, 0.15) is 0 Å². The predicted molar refractivity (Wildman–Crippen MR) is 74.7 cm³/mol. The van der Waals surface area contributed by atoms with E-state index in [9.17, 15) is 8.42 Å². The van der Waals surface area contributed by atoms with Gasteiger partial charge in [0.2, 0.25) is 10.0 Å². The third-order valence-electron chi connectivity index (χ3n) is 3.68. The van der Waals surface area contributed by atoms with Crippen LogP contribution in [0, 0.1) is 12.3 Å². The molecule has 1 saturated carbocycles. The maximum Gasteiger partial charge on any atom is 0.240 e. The summed E-state index contributed by atoms with van der Waals surface area (Å²) in [4.78, 5) is 0.222. The highest BCUT2D eigenvalue weighted by atomic mass is 35.5. The molecular formula is C13H18ClNO3S. The molecule has 4 nitrogen and oxygen atoms in total. The molecule has 0 radical (unpaired) electrons. The monoisotopic (exact) mass is 303 g/mol. The summed E-state index contributed by atoms with van der Waals surface area (Å²) < 4.78 is 27.1. The van der Waals surface area contributed by atoms with Gasteiger partial charge in [-0.2, -0.15) is 0 Å². The molecule has 0 spiro atoms. The van der Waals surface area contributed by atoms with Gasteiger partial charge in [-0.05, 0) is 49.3 Å². The quantitative estimate of drug-likeness (QED) is 0.845. The topological polar surface area (TPSA) is 66.4 Å². The average Bonchev–Trinajstić information content (AvgIpc) is 3.11. The molecule has 1 aromatic rings. The van der Waals surface area contributed by atoms with Crippen molar-refractivity contribution in [2.24, 2.45) is 5.41 Å². The fourth-order valence-electron chi connectivity index (χ4n) is 2.12. The van der Waals surface area contributed by atoms with Crippen molar-refractivity contribution < 1.29 is 13.5 Å². The van der Waals surface area contributed by atoms with E-state index in [1.165, 1.54) is 6.07 Å². The lowest BCUT2D eigenvalue weighted by Gasteiger charge is -2.15. The molecule has 0 heterocycles. The van der Waals surface area contributed by atoms with E-state index in [-0.39, 0.29) is 16.9 Å². The van der Waals surface area contributed by atoms with Crippen LogP contribution in [-0.2, 0) is 10.0 Å². The van der Waals surface area contributed by atoms with Gasteiger partial charge >= 0.3 is 0 Å². The largest absolute Gasteiger partial charge is 0.396 e. The fraction of sp³-hybridized carbons (Fsp3) is 0.538. The van der Waals surface area contributed by atoms with E-state index in [2.05, 4.69) is 4.72 Å². The van der Waals surface area contributed by atoms with Crippen molar-refractivity contribution in [2.75, 3.05) is 13.2 Å². The van der Waals surface area contributed by atoms with Crippen LogP contribution in [-0.4, -0.2) is 26.7 Å². The Morgan fingerprint density at radius 2 is 2.11 bits per heavy atom. The molecule has 0 amide bonds. The second kappa shape index (κ2) is 5.40. The van der Waals surface area contributed by atoms with Gasteiger partial charge in [-0.3, -0.25) is 0 Å². The van der Waals surface area contributed by atoms with Crippen LogP contribution in [0.2, 0.25) is 5.02 Å². The summed E-state index contributed by atoms with van der Waals surface area (Å²) in [5.41, 5.74) is 0.623. The van der Waals surface area contributed by atoms with Gasteiger partial charge in [-0.25, -0.2) is 13.1 Å². The number of benzene rings is 1. The number of rotatable bonds is 6. The predicted octanol–water partition coefficient (Wildman–Crippen LogP) is 2.09. The van der Waals surface area contributed by atoms with Gasteiger partial charge < -0.3 is 5.11 Å². The van der Waals surface area contributed by atoms with Gasteiger partial charge in [-0.15, -0.1) is 0 Å². The van der Waals surface area contributed by atoms with Crippen LogP contribution in [0.25, 0.3) is 0 Å². The van der Waals surface area contributed by atoms with E-state index < -0.39 is 10.0 Å². The van der Waals surface area contributed by atoms with E-state index in [0.717, 1.165) is 12.8 Å². The lowest BCUT2D eigenvalue weighted by atomic mass is 10.0. The molecule has 0 aromatic heterocycles. The van der Waals surface area contributed by atoms with Crippen LogP contribution in [0.5, 0.6) is 0 Å². The fourth-order valence-corrected chi connectivity index (χ4v) is 3.78. The molecule has 0 aliphatic heterocycles. The first-order chi connectivity index (χ1) is 8.88. The third-order valence-corrected chi connectivity index (χ3v) is 5.45. The summed E-state index contributed by atoms with van der Waals surface area (Å²) in [6.45, 7) is 2.21. The summed E-state index contributed by atoms with van der Waals surface area (Å²) in [6.07, 6.45) is 2.57. The van der Waals surface area contributed by atoms with Crippen molar-refractivity contribution in [1.82, 2.24) is 4.72 Å². The minimum Gasteiger partial charge on any atom is -0.396 e. The molecule has 2 N–H and O–H groups in total. The standard InChI is InChI=1S/C13H18ClNO3S/c1-10-2-3-11(14)8-12(10)19(17,18)15-9-13(4-5-13)6-7-16/h2-3,8,15-16H,4-7,9H2,1H3. The van der Waals surface area contributed by atoms with Crippen molar-refractivity contribution in [2.45, 2.75) is 31.1 Å². The zero-order chi connectivity index (χ0) is 14.1. The van der Waals surface area contributed by atoms with Crippen LogP contribution in [0.15, 0.2) is 23.1 Å². The van der Waals surface area contributed by atoms with Crippen LogP contribution >= 0.6 is 11.6 Å². The maximum absolute atomic E-state index is 12.3. The molecule has 0 unspecified atom stereocenters. The maximum atomic E-state index is 12.3. The third kappa shape index (κ3) is 3.48. The second-order valence-electron chi connectivity index (χ2n) is 5.21. The summed E-state index contributed by atoms with van der Waals surface area (Å²) in [5.74, 6) is 0. The van der Waals surface area contributed by atoms with E-state index in [0.29, 0.717) is 23.6 Å². The van der Waals surface area contributed by atoms with E-state index in [1.807, 2.05) is 0 Å². The Bertz CT molecular complexity index is 567. The molecule has 2 rings (SSSR count). The first-order valence-electron chi connectivity index (χ1n) is 6.25. The van der Waals surface area contributed by atoms with Gasteiger partial charge in [0.25, 0.3) is 0 Å². The molecule has 1 aliphatic rings.